The van der Waals surface area contributed by atoms with Gasteiger partial charge >= 0.3 is 0 Å². The number of aryl methyl sites for hydroxylation is 4. The Morgan fingerprint density at radius 1 is 0.368 bits per heavy atom. The van der Waals surface area contributed by atoms with Crippen molar-refractivity contribution in [3.63, 3.8) is 0 Å². The minimum Gasteiger partial charge on any atom is -0.308 e. The van der Waals surface area contributed by atoms with Gasteiger partial charge < -0.3 is 9.13 Å². The van der Waals surface area contributed by atoms with Gasteiger partial charge in [-0.2, -0.15) is 5.26 Å². The van der Waals surface area contributed by atoms with Crippen LogP contribution < -0.4 is 0 Å². The molecule has 0 amide bonds. The van der Waals surface area contributed by atoms with Gasteiger partial charge in [0.15, 0.2) is 0 Å². The van der Waals surface area contributed by atoms with Crippen LogP contribution in [-0.2, 0) is 0 Å². The van der Waals surface area contributed by atoms with Gasteiger partial charge in [-0.25, -0.2) is 4.98 Å². The fourth-order valence-electron chi connectivity index (χ4n) is 10.6. The molecule has 0 saturated carbocycles. The summed E-state index contributed by atoms with van der Waals surface area (Å²) in [7, 11) is 0. The van der Waals surface area contributed by atoms with Crippen LogP contribution in [0.3, 0.4) is 0 Å². The van der Waals surface area contributed by atoms with Crippen molar-refractivity contribution in [2.75, 3.05) is 0 Å². The molecule has 0 aliphatic rings. The third kappa shape index (κ3) is 6.79. The van der Waals surface area contributed by atoms with Crippen LogP contribution in [0.15, 0.2) is 206 Å². The zero-order valence-corrected chi connectivity index (χ0v) is 38.4. The van der Waals surface area contributed by atoms with Crippen molar-refractivity contribution in [3.05, 3.63) is 234 Å². The Labute approximate surface area is 396 Å². The van der Waals surface area contributed by atoms with Gasteiger partial charge in [-0.3, -0.25) is 0 Å². The molecule has 0 bridgehead atoms. The molecule has 68 heavy (non-hydrogen) atoms. The van der Waals surface area contributed by atoms with Crippen LogP contribution in [0.4, 0.5) is 0 Å². The summed E-state index contributed by atoms with van der Waals surface area (Å²) in [5.41, 5.74) is 22.1. The molecule has 0 N–H and O–H groups in total. The fraction of sp³-hybridized carbons (Fsp3) is 0.0625. The average molecular weight is 871 g/mol. The lowest BCUT2D eigenvalue weighted by Gasteiger charge is -2.22. The van der Waals surface area contributed by atoms with Crippen LogP contribution in [0, 0.1) is 39.0 Å². The van der Waals surface area contributed by atoms with Crippen LogP contribution >= 0.6 is 0 Å². The zero-order valence-electron chi connectivity index (χ0n) is 38.4. The second-order valence-corrected chi connectivity index (χ2v) is 18.2. The number of nitriles is 1. The predicted molar refractivity (Wildman–Crippen MR) is 284 cm³/mol. The van der Waals surface area contributed by atoms with E-state index in [0.29, 0.717) is 5.56 Å². The van der Waals surface area contributed by atoms with Crippen molar-refractivity contribution in [1.29, 1.82) is 5.26 Å². The maximum Gasteiger partial charge on any atom is 0.0993 e. The lowest BCUT2D eigenvalue weighted by molar-refractivity contribution is 1.13. The molecular formula is C64H46N4. The molecule has 0 unspecified atom stereocenters. The summed E-state index contributed by atoms with van der Waals surface area (Å²) in [6, 6.07) is 76.5. The molecule has 3 heterocycles. The third-order valence-electron chi connectivity index (χ3n) is 13.7. The van der Waals surface area contributed by atoms with Crippen molar-refractivity contribution in [2.45, 2.75) is 27.7 Å². The fourth-order valence-corrected chi connectivity index (χ4v) is 10.6. The minimum atomic E-state index is 0.565. The Bertz CT molecular complexity index is 3770. The van der Waals surface area contributed by atoms with Crippen molar-refractivity contribution < 1.29 is 0 Å². The molecular weight excluding hydrogens is 825 g/mol. The lowest BCUT2D eigenvalue weighted by atomic mass is 9.95. The third-order valence-corrected chi connectivity index (χ3v) is 13.7. The van der Waals surface area contributed by atoms with E-state index in [0.717, 1.165) is 88.6 Å². The van der Waals surface area contributed by atoms with E-state index in [1.54, 1.807) is 0 Å². The maximum atomic E-state index is 11.1. The predicted octanol–water partition coefficient (Wildman–Crippen LogP) is 16.7. The Hall–Kier alpha value is -8.78. The minimum absolute atomic E-state index is 0.565. The quantitative estimate of drug-likeness (QED) is 0.160. The SMILES string of the molecule is Cc1ccc(-c2ccc3c(c2)c2ccccc2n3-c2cc(C#N)cc(-n3c4ccccc4c4cc(-c5ccc(C)cc5C)ccc43)c2-c2cc(-c3ccccc3)nc(-c3ccccc3)c2)c(C)c1. The van der Waals surface area contributed by atoms with Gasteiger partial charge in [-0.15, -0.1) is 0 Å². The topological polar surface area (TPSA) is 46.5 Å². The van der Waals surface area contributed by atoms with Gasteiger partial charge in [0.2, 0.25) is 0 Å². The molecule has 0 atom stereocenters. The van der Waals surface area contributed by atoms with Gasteiger partial charge in [0.25, 0.3) is 0 Å². The van der Waals surface area contributed by atoms with Gasteiger partial charge in [-0.1, -0.05) is 157 Å². The second kappa shape index (κ2) is 16.3. The summed E-state index contributed by atoms with van der Waals surface area (Å²) in [4.78, 5) is 5.35. The Balaban J connectivity index is 1.22. The van der Waals surface area contributed by atoms with E-state index in [2.05, 4.69) is 237 Å². The van der Waals surface area contributed by atoms with Gasteiger partial charge in [-0.05, 0) is 127 Å². The normalized spacial score (nSPS) is 11.5. The summed E-state index contributed by atoms with van der Waals surface area (Å²) in [6.07, 6.45) is 0. The number of aromatic nitrogens is 3. The van der Waals surface area contributed by atoms with Crippen molar-refractivity contribution in [2.24, 2.45) is 0 Å². The van der Waals surface area contributed by atoms with E-state index in [9.17, 15) is 5.26 Å². The number of benzene rings is 9. The molecule has 0 spiro atoms. The van der Waals surface area contributed by atoms with Crippen LogP contribution in [0.5, 0.6) is 0 Å². The summed E-state index contributed by atoms with van der Waals surface area (Å²) in [5.74, 6) is 0. The first kappa shape index (κ1) is 40.7. The van der Waals surface area contributed by atoms with Crippen LogP contribution in [-0.4, -0.2) is 14.1 Å². The Morgan fingerprint density at radius 3 is 1.24 bits per heavy atom. The molecule has 4 nitrogen and oxygen atoms in total. The summed E-state index contributed by atoms with van der Waals surface area (Å²) in [5, 5.41) is 15.7. The van der Waals surface area contributed by atoms with E-state index in [1.165, 1.54) is 44.5 Å². The Kier molecular flexibility index (Phi) is 9.74. The number of rotatable bonds is 7. The smallest absolute Gasteiger partial charge is 0.0993 e. The van der Waals surface area contributed by atoms with E-state index >= 15 is 0 Å². The average Bonchev–Trinajstić information content (AvgIpc) is 3.88. The summed E-state index contributed by atoms with van der Waals surface area (Å²) >= 11 is 0. The molecule has 3 aromatic heterocycles. The molecule has 0 aliphatic heterocycles. The number of pyridine rings is 1. The van der Waals surface area contributed by atoms with E-state index in [-0.39, 0.29) is 0 Å². The molecule has 0 aliphatic carbocycles. The lowest BCUT2D eigenvalue weighted by Crippen LogP contribution is -2.05. The first-order valence-corrected chi connectivity index (χ1v) is 23.3. The molecule has 0 fully saturated rings. The van der Waals surface area contributed by atoms with E-state index in [1.807, 2.05) is 12.1 Å². The highest BCUT2D eigenvalue weighted by Gasteiger charge is 2.25. The number of fused-ring (bicyclic) bond motifs is 6. The first-order chi connectivity index (χ1) is 33.3. The maximum absolute atomic E-state index is 11.1. The summed E-state index contributed by atoms with van der Waals surface area (Å²) in [6.45, 7) is 8.67. The van der Waals surface area contributed by atoms with Gasteiger partial charge in [0.05, 0.1) is 56.5 Å². The van der Waals surface area contributed by atoms with Crippen molar-refractivity contribution >= 4 is 43.6 Å². The summed E-state index contributed by atoms with van der Waals surface area (Å²) < 4.78 is 4.76. The Morgan fingerprint density at radius 2 is 0.794 bits per heavy atom. The van der Waals surface area contributed by atoms with Crippen LogP contribution in [0.2, 0.25) is 0 Å². The number of hydrogen-bond acceptors (Lipinski definition) is 2. The molecule has 322 valence electrons. The standard InChI is InChI=1S/C64H46N4/c1-40-23-27-50(42(3)31-40)47-25-29-60-54(35-47)52-19-11-13-21-58(52)67(60)62-33-44(39-65)34-63(64(62)49-37-56(45-15-7-5-8-16-45)66-57(38-49)46-17-9-6-10-18-46)68-59-22-14-12-20-53(59)55-36-48(26-30-61(55)68)51-28-24-41(2)32-43(51)4/h5-38H,1-4H3. The van der Waals surface area contributed by atoms with Crippen molar-refractivity contribution in [3.8, 4) is 73.3 Å². The highest BCUT2D eigenvalue weighted by molar-refractivity contribution is 6.13. The van der Waals surface area contributed by atoms with Crippen LogP contribution in [0.1, 0.15) is 27.8 Å². The van der Waals surface area contributed by atoms with Gasteiger partial charge in [0.1, 0.15) is 0 Å². The monoisotopic (exact) mass is 870 g/mol. The van der Waals surface area contributed by atoms with E-state index < -0.39 is 0 Å². The molecule has 12 aromatic rings. The first-order valence-electron chi connectivity index (χ1n) is 23.3. The number of para-hydroxylation sites is 2. The van der Waals surface area contributed by atoms with Gasteiger partial charge in [0, 0.05) is 38.2 Å². The van der Waals surface area contributed by atoms with E-state index in [4.69, 9.17) is 4.98 Å². The molecule has 0 radical (unpaired) electrons. The van der Waals surface area contributed by atoms with Crippen LogP contribution in [0.25, 0.3) is 111 Å². The zero-order chi connectivity index (χ0) is 46.0. The molecule has 4 heteroatoms. The highest BCUT2D eigenvalue weighted by atomic mass is 15.0. The number of nitrogens with zero attached hydrogens (tertiary/aromatic N) is 4. The second-order valence-electron chi connectivity index (χ2n) is 18.2. The number of hydrogen-bond donors (Lipinski definition) is 0. The molecule has 9 aromatic carbocycles. The highest BCUT2D eigenvalue weighted by Crippen LogP contribution is 2.45. The molecule has 0 saturated heterocycles. The molecule has 12 rings (SSSR count). The largest absolute Gasteiger partial charge is 0.308 e. The van der Waals surface area contributed by atoms with Crippen molar-refractivity contribution in [1.82, 2.24) is 14.1 Å².